The van der Waals surface area contributed by atoms with Gasteiger partial charge in [0.2, 0.25) is 5.91 Å². The van der Waals surface area contributed by atoms with E-state index in [1.54, 1.807) is 6.92 Å². The van der Waals surface area contributed by atoms with Crippen LogP contribution in [0.15, 0.2) is 0 Å². The van der Waals surface area contributed by atoms with Gasteiger partial charge < -0.3 is 9.84 Å². The molecule has 0 unspecified atom stereocenters. The number of ether oxygens (including phenoxy) is 1. The summed E-state index contributed by atoms with van der Waals surface area (Å²) in [5.41, 5.74) is -1.12. The zero-order valence-electron chi connectivity index (χ0n) is 11.0. The lowest BCUT2D eigenvalue weighted by Crippen LogP contribution is -2.42. The summed E-state index contributed by atoms with van der Waals surface area (Å²) in [6, 6.07) is 0. The predicted molar refractivity (Wildman–Crippen MR) is 60.8 cm³/mol. The molecule has 0 saturated carbocycles. The van der Waals surface area contributed by atoms with E-state index >= 15 is 0 Å². The molecule has 0 aromatic rings. The maximum Gasteiger partial charge on any atom is 0.314 e. The molecule has 0 radical (unpaired) electrons. The molecule has 100 valence electrons. The van der Waals surface area contributed by atoms with Gasteiger partial charge in [0.25, 0.3) is 0 Å². The first-order chi connectivity index (χ1) is 7.77. The van der Waals surface area contributed by atoms with Crippen molar-refractivity contribution in [1.29, 1.82) is 0 Å². The fourth-order valence-electron chi connectivity index (χ4n) is 1.10. The topological polar surface area (TPSA) is 76.1 Å². The molecular formula is C11H21NO5. The Morgan fingerprint density at radius 3 is 2.35 bits per heavy atom. The summed E-state index contributed by atoms with van der Waals surface area (Å²) >= 11 is 0. The van der Waals surface area contributed by atoms with E-state index in [9.17, 15) is 14.7 Å². The lowest BCUT2D eigenvalue weighted by molar-refractivity contribution is -0.175. The van der Waals surface area contributed by atoms with Gasteiger partial charge in [-0.25, -0.2) is 5.06 Å². The van der Waals surface area contributed by atoms with Crippen LogP contribution in [0.5, 0.6) is 0 Å². The summed E-state index contributed by atoms with van der Waals surface area (Å²) < 4.78 is 4.84. The van der Waals surface area contributed by atoms with Crippen molar-refractivity contribution in [1.82, 2.24) is 5.06 Å². The highest BCUT2D eigenvalue weighted by atomic mass is 16.7. The highest BCUT2D eigenvalue weighted by Crippen LogP contribution is 2.25. The number of amides is 1. The first-order valence-electron chi connectivity index (χ1n) is 5.43. The van der Waals surface area contributed by atoms with Crippen molar-refractivity contribution in [2.75, 3.05) is 20.8 Å². The number of aliphatic hydroxyl groups excluding tert-OH is 1. The fourth-order valence-corrected chi connectivity index (χ4v) is 1.10. The van der Waals surface area contributed by atoms with E-state index in [1.807, 2.05) is 0 Å². The highest BCUT2D eigenvalue weighted by Gasteiger charge is 2.38. The third-order valence-electron chi connectivity index (χ3n) is 2.63. The molecule has 0 aliphatic heterocycles. The van der Waals surface area contributed by atoms with E-state index in [0.717, 1.165) is 5.06 Å². The van der Waals surface area contributed by atoms with Crippen molar-refractivity contribution >= 4 is 11.9 Å². The largest absolute Gasteiger partial charge is 0.466 e. The second-order valence-corrected chi connectivity index (χ2v) is 4.24. The van der Waals surface area contributed by atoms with Gasteiger partial charge in [-0.2, -0.15) is 0 Å². The van der Waals surface area contributed by atoms with Crippen LogP contribution in [-0.2, 0) is 19.2 Å². The van der Waals surface area contributed by atoms with E-state index in [4.69, 9.17) is 4.74 Å². The number of hydrogen-bond donors (Lipinski definition) is 1. The van der Waals surface area contributed by atoms with Gasteiger partial charge in [-0.15, -0.1) is 0 Å². The van der Waals surface area contributed by atoms with E-state index in [2.05, 4.69) is 4.84 Å². The van der Waals surface area contributed by atoms with Crippen molar-refractivity contribution in [2.24, 2.45) is 5.41 Å². The highest BCUT2D eigenvalue weighted by molar-refractivity contribution is 5.80. The molecule has 17 heavy (non-hydrogen) atoms. The van der Waals surface area contributed by atoms with Crippen LogP contribution in [0.4, 0.5) is 0 Å². The summed E-state index contributed by atoms with van der Waals surface area (Å²) in [6.45, 7) is 5.00. The molecule has 1 atom stereocenters. The summed E-state index contributed by atoms with van der Waals surface area (Å²) in [5.74, 6) is -0.933. The van der Waals surface area contributed by atoms with Crippen LogP contribution in [0.2, 0.25) is 0 Å². The molecule has 0 aliphatic rings. The fraction of sp³-hybridized carbons (Fsp3) is 0.818. The number of rotatable bonds is 6. The monoisotopic (exact) mass is 247 g/mol. The summed E-state index contributed by atoms with van der Waals surface area (Å²) in [4.78, 5) is 27.8. The molecule has 0 saturated heterocycles. The van der Waals surface area contributed by atoms with Crippen molar-refractivity contribution in [2.45, 2.75) is 33.3 Å². The molecule has 0 bridgehead atoms. The molecule has 0 aromatic heterocycles. The van der Waals surface area contributed by atoms with E-state index in [0.29, 0.717) is 0 Å². The number of aliphatic hydroxyl groups is 1. The van der Waals surface area contributed by atoms with Crippen LogP contribution in [-0.4, -0.2) is 48.9 Å². The quantitative estimate of drug-likeness (QED) is 0.541. The van der Waals surface area contributed by atoms with Crippen LogP contribution < -0.4 is 0 Å². The number of nitrogens with zero attached hydrogens (tertiary/aromatic N) is 1. The summed E-state index contributed by atoms with van der Waals surface area (Å²) in [5, 5.41) is 10.9. The van der Waals surface area contributed by atoms with Gasteiger partial charge in [-0.3, -0.25) is 14.4 Å². The Bertz CT molecular complexity index is 277. The van der Waals surface area contributed by atoms with Crippen molar-refractivity contribution in [3.8, 4) is 0 Å². The minimum atomic E-state index is -1.12. The zero-order valence-corrected chi connectivity index (χ0v) is 11.0. The molecule has 6 nitrogen and oxygen atoms in total. The van der Waals surface area contributed by atoms with E-state index in [1.165, 1.54) is 28.0 Å². The molecule has 0 aromatic carbocycles. The molecule has 0 heterocycles. The third kappa shape index (κ3) is 4.32. The minimum Gasteiger partial charge on any atom is -0.466 e. The summed E-state index contributed by atoms with van der Waals surface area (Å²) in [6.07, 6.45) is -1.32. The van der Waals surface area contributed by atoms with Gasteiger partial charge in [0.15, 0.2) is 0 Å². The molecule has 0 spiro atoms. The zero-order chi connectivity index (χ0) is 13.6. The maximum atomic E-state index is 11.6. The van der Waals surface area contributed by atoms with Crippen molar-refractivity contribution in [3.63, 3.8) is 0 Å². The number of carbonyl (C=O) groups excluding carboxylic acids is 2. The van der Waals surface area contributed by atoms with Crippen molar-refractivity contribution < 1.29 is 24.3 Å². The lowest BCUT2D eigenvalue weighted by Gasteiger charge is -2.28. The van der Waals surface area contributed by atoms with Crippen molar-refractivity contribution in [3.05, 3.63) is 0 Å². The Morgan fingerprint density at radius 2 is 1.94 bits per heavy atom. The number of hydrogen-bond acceptors (Lipinski definition) is 5. The number of hydroxylamine groups is 2. The molecule has 0 rings (SSSR count). The van der Waals surface area contributed by atoms with Gasteiger partial charge in [-0.1, -0.05) is 0 Å². The standard InChI is InChI=1S/C11H21NO5/c1-6-17-10(15)11(2,3)8(13)7-9(14)12(4)16-5/h8,13H,6-7H2,1-5H3/t8-/m1/s1. The van der Waals surface area contributed by atoms with Crippen LogP contribution in [0.1, 0.15) is 27.2 Å². The molecule has 6 heteroatoms. The lowest BCUT2D eigenvalue weighted by atomic mass is 9.84. The van der Waals surface area contributed by atoms with Gasteiger partial charge >= 0.3 is 5.97 Å². The van der Waals surface area contributed by atoms with Gasteiger partial charge in [-0.05, 0) is 20.8 Å². The van der Waals surface area contributed by atoms with Gasteiger partial charge in [0.1, 0.15) is 0 Å². The predicted octanol–water partition coefficient (Wildman–Crippen LogP) is 0.347. The van der Waals surface area contributed by atoms with Gasteiger partial charge in [0.05, 0.1) is 31.7 Å². The molecule has 1 N–H and O–H groups in total. The average molecular weight is 247 g/mol. The Morgan fingerprint density at radius 1 is 1.41 bits per heavy atom. The first kappa shape index (κ1) is 15.9. The molecular weight excluding hydrogens is 226 g/mol. The minimum absolute atomic E-state index is 0.198. The van der Waals surface area contributed by atoms with Crippen LogP contribution in [0.25, 0.3) is 0 Å². The first-order valence-corrected chi connectivity index (χ1v) is 5.43. The average Bonchev–Trinajstić information content (AvgIpc) is 2.27. The Kier molecular flexibility index (Phi) is 6.12. The van der Waals surface area contributed by atoms with Crippen LogP contribution in [0, 0.1) is 5.41 Å². The van der Waals surface area contributed by atoms with E-state index < -0.39 is 23.4 Å². The number of carbonyl (C=O) groups is 2. The SMILES string of the molecule is CCOC(=O)C(C)(C)[C@H](O)CC(=O)N(C)OC. The Balaban J connectivity index is 4.53. The third-order valence-corrected chi connectivity index (χ3v) is 2.63. The Labute approximate surface area is 101 Å². The molecule has 1 amide bonds. The van der Waals surface area contributed by atoms with Crippen LogP contribution in [0.3, 0.4) is 0 Å². The second kappa shape index (κ2) is 6.56. The normalized spacial score (nSPS) is 13.1. The van der Waals surface area contributed by atoms with E-state index in [-0.39, 0.29) is 13.0 Å². The van der Waals surface area contributed by atoms with Crippen LogP contribution >= 0.6 is 0 Å². The second-order valence-electron chi connectivity index (χ2n) is 4.24. The summed E-state index contributed by atoms with van der Waals surface area (Å²) in [7, 11) is 2.78. The smallest absolute Gasteiger partial charge is 0.314 e. The molecule has 0 aliphatic carbocycles. The van der Waals surface area contributed by atoms with Gasteiger partial charge in [0, 0.05) is 7.05 Å². The molecule has 0 fully saturated rings. The number of esters is 1. The Hall–Kier alpha value is -1.14. The maximum absolute atomic E-state index is 11.6.